The van der Waals surface area contributed by atoms with Gasteiger partial charge in [0.05, 0.1) is 6.54 Å². The van der Waals surface area contributed by atoms with E-state index in [0.717, 1.165) is 5.57 Å². The fourth-order valence-corrected chi connectivity index (χ4v) is 1.01. The lowest BCUT2D eigenvalue weighted by Crippen LogP contribution is -2.42. The van der Waals surface area contributed by atoms with Crippen LogP contribution < -0.4 is 0 Å². The average molecular weight is 207 g/mol. The van der Waals surface area contributed by atoms with E-state index < -0.39 is 18.4 Å². The van der Waals surface area contributed by atoms with E-state index in [9.17, 15) is 13.6 Å². The van der Waals surface area contributed by atoms with Crippen LogP contribution in [0.1, 0.15) is 13.8 Å². The second kappa shape index (κ2) is 5.05. The van der Waals surface area contributed by atoms with Gasteiger partial charge >= 0.3 is 11.9 Å². The Hall–Kier alpha value is -0.970. The van der Waals surface area contributed by atoms with Gasteiger partial charge in [-0.05, 0) is 13.5 Å². The fourth-order valence-electron chi connectivity index (χ4n) is 1.01. The zero-order chi connectivity index (χ0) is 11.4. The van der Waals surface area contributed by atoms with Crippen molar-refractivity contribution < 1.29 is 18.7 Å². The molecule has 0 aliphatic carbocycles. The lowest BCUT2D eigenvalue weighted by molar-refractivity contribution is -0.167. The maximum atomic E-state index is 12.8. The van der Waals surface area contributed by atoms with Crippen LogP contribution in [0.3, 0.4) is 0 Å². The number of hydrogen-bond acceptors (Lipinski definition) is 2. The predicted octanol–water partition coefficient (Wildman–Crippen LogP) is 1.60. The monoisotopic (exact) mass is 207 g/mol. The molecule has 0 rings (SSSR count). The second-order valence-electron chi connectivity index (χ2n) is 3.27. The van der Waals surface area contributed by atoms with E-state index in [0.29, 0.717) is 13.1 Å². The molecule has 0 atom stereocenters. The number of hydrogen-bond donors (Lipinski definition) is 1. The van der Waals surface area contributed by atoms with Gasteiger partial charge in [-0.25, -0.2) is 4.79 Å². The Morgan fingerprint density at radius 2 is 2.07 bits per heavy atom. The van der Waals surface area contributed by atoms with Crippen molar-refractivity contribution in [3.05, 3.63) is 12.2 Å². The summed E-state index contributed by atoms with van der Waals surface area (Å²) in [5, 5.41) is 8.22. The molecule has 0 saturated carbocycles. The standard InChI is InChI=1S/C9H15F2NO2/c1-4-12(5-7(2)3)6-9(10,11)8(13)14/h2,4-6H2,1,3H3,(H,13,14). The van der Waals surface area contributed by atoms with Crippen molar-refractivity contribution in [1.29, 1.82) is 0 Å². The Bertz CT molecular complexity index is 229. The number of carbonyl (C=O) groups is 1. The summed E-state index contributed by atoms with van der Waals surface area (Å²) in [7, 11) is 0. The van der Waals surface area contributed by atoms with Crippen LogP contribution in [0.2, 0.25) is 0 Å². The molecule has 0 fully saturated rings. The van der Waals surface area contributed by atoms with Gasteiger partial charge in [-0.3, -0.25) is 4.90 Å². The first-order chi connectivity index (χ1) is 6.29. The van der Waals surface area contributed by atoms with Crippen LogP contribution in [0.25, 0.3) is 0 Å². The predicted molar refractivity (Wildman–Crippen MR) is 49.5 cm³/mol. The smallest absolute Gasteiger partial charge is 0.375 e. The zero-order valence-corrected chi connectivity index (χ0v) is 8.39. The van der Waals surface area contributed by atoms with Crippen LogP contribution in [0, 0.1) is 0 Å². The molecule has 0 aliphatic heterocycles. The molecule has 0 aromatic heterocycles. The van der Waals surface area contributed by atoms with Gasteiger partial charge in [-0.1, -0.05) is 19.1 Å². The summed E-state index contributed by atoms with van der Waals surface area (Å²) in [5.41, 5.74) is 0.730. The molecule has 0 amide bonds. The topological polar surface area (TPSA) is 40.5 Å². The molecular formula is C9H15F2NO2. The van der Waals surface area contributed by atoms with Gasteiger partial charge in [-0.2, -0.15) is 8.78 Å². The highest BCUT2D eigenvalue weighted by Crippen LogP contribution is 2.15. The van der Waals surface area contributed by atoms with Gasteiger partial charge in [0.25, 0.3) is 0 Å². The van der Waals surface area contributed by atoms with Crippen LogP contribution in [0.15, 0.2) is 12.2 Å². The van der Waals surface area contributed by atoms with Crippen molar-refractivity contribution in [3.63, 3.8) is 0 Å². The molecule has 0 radical (unpaired) electrons. The van der Waals surface area contributed by atoms with E-state index in [1.54, 1.807) is 13.8 Å². The molecule has 0 unspecified atom stereocenters. The molecule has 82 valence electrons. The largest absolute Gasteiger partial charge is 0.477 e. The first kappa shape index (κ1) is 13.0. The summed E-state index contributed by atoms with van der Waals surface area (Å²) in [4.78, 5) is 11.5. The first-order valence-electron chi connectivity index (χ1n) is 4.27. The summed E-state index contributed by atoms with van der Waals surface area (Å²) < 4.78 is 25.5. The molecule has 0 saturated heterocycles. The van der Waals surface area contributed by atoms with Crippen LogP contribution in [0.5, 0.6) is 0 Å². The van der Waals surface area contributed by atoms with Crippen molar-refractivity contribution in [2.24, 2.45) is 0 Å². The number of rotatable bonds is 6. The van der Waals surface area contributed by atoms with E-state index in [1.165, 1.54) is 4.90 Å². The molecule has 0 aromatic rings. The van der Waals surface area contributed by atoms with Gasteiger partial charge in [0, 0.05) is 6.54 Å². The van der Waals surface area contributed by atoms with Gasteiger partial charge in [0.2, 0.25) is 0 Å². The molecule has 0 spiro atoms. The van der Waals surface area contributed by atoms with E-state index in [2.05, 4.69) is 6.58 Å². The number of carboxylic acid groups (broad SMARTS) is 1. The molecule has 14 heavy (non-hydrogen) atoms. The lowest BCUT2D eigenvalue weighted by atomic mass is 10.2. The molecule has 0 aromatic carbocycles. The molecule has 0 heterocycles. The normalized spacial score (nSPS) is 11.8. The lowest BCUT2D eigenvalue weighted by Gasteiger charge is -2.23. The Morgan fingerprint density at radius 3 is 2.36 bits per heavy atom. The number of aliphatic carboxylic acids is 1. The summed E-state index contributed by atoms with van der Waals surface area (Å²) >= 11 is 0. The van der Waals surface area contributed by atoms with Gasteiger partial charge in [0.15, 0.2) is 0 Å². The van der Waals surface area contributed by atoms with Gasteiger partial charge < -0.3 is 5.11 Å². The highest BCUT2D eigenvalue weighted by Gasteiger charge is 2.40. The number of halogens is 2. The van der Waals surface area contributed by atoms with Crippen molar-refractivity contribution in [2.45, 2.75) is 19.8 Å². The van der Waals surface area contributed by atoms with Crippen LogP contribution in [0.4, 0.5) is 8.78 Å². The quantitative estimate of drug-likeness (QED) is 0.672. The van der Waals surface area contributed by atoms with E-state index >= 15 is 0 Å². The van der Waals surface area contributed by atoms with Crippen molar-refractivity contribution in [2.75, 3.05) is 19.6 Å². The van der Waals surface area contributed by atoms with Crippen LogP contribution in [-0.2, 0) is 4.79 Å². The van der Waals surface area contributed by atoms with E-state index in [-0.39, 0.29) is 0 Å². The Kier molecular flexibility index (Phi) is 4.70. The van der Waals surface area contributed by atoms with Crippen molar-refractivity contribution in [3.8, 4) is 0 Å². The highest BCUT2D eigenvalue weighted by molar-refractivity contribution is 5.75. The van der Waals surface area contributed by atoms with Gasteiger partial charge in [0.1, 0.15) is 0 Å². The Balaban J connectivity index is 4.30. The third kappa shape index (κ3) is 4.32. The molecule has 0 bridgehead atoms. The Labute approximate surface area is 82.0 Å². The minimum Gasteiger partial charge on any atom is -0.477 e. The summed E-state index contributed by atoms with van der Waals surface area (Å²) in [5.74, 6) is -5.77. The number of carboxylic acids is 1. The molecular weight excluding hydrogens is 192 g/mol. The molecule has 1 N–H and O–H groups in total. The van der Waals surface area contributed by atoms with E-state index in [1.807, 2.05) is 0 Å². The maximum Gasteiger partial charge on any atom is 0.375 e. The number of nitrogens with zero attached hydrogens (tertiary/aromatic N) is 1. The molecule has 0 aliphatic rings. The van der Waals surface area contributed by atoms with Crippen molar-refractivity contribution >= 4 is 5.97 Å². The third-order valence-corrected chi connectivity index (χ3v) is 1.68. The molecule has 5 heteroatoms. The minimum atomic E-state index is -3.69. The maximum absolute atomic E-state index is 12.8. The SMILES string of the molecule is C=C(C)CN(CC)CC(F)(F)C(=O)O. The van der Waals surface area contributed by atoms with Gasteiger partial charge in [-0.15, -0.1) is 0 Å². The van der Waals surface area contributed by atoms with Crippen LogP contribution in [-0.4, -0.2) is 41.5 Å². The first-order valence-corrected chi connectivity index (χ1v) is 4.27. The third-order valence-electron chi connectivity index (χ3n) is 1.68. The minimum absolute atomic E-state index is 0.291. The molecule has 3 nitrogen and oxygen atoms in total. The average Bonchev–Trinajstić information content (AvgIpc) is 2.01. The number of likely N-dealkylation sites (N-methyl/N-ethyl adjacent to an activating group) is 1. The summed E-state index contributed by atoms with van der Waals surface area (Å²) in [6.45, 7) is 6.88. The summed E-state index contributed by atoms with van der Waals surface area (Å²) in [6.07, 6.45) is 0. The highest BCUT2D eigenvalue weighted by atomic mass is 19.3. The fraction of sp³-hybridized carbons (Fsp3) is 0.667. The van der Waals surface area contributed by atoms with E-state index in [4.69, 9.17) is 5.11 Å². The summed E-state index contributed by atoms with van der Waals surface area (Å²) in [6, 6.07) is 0. The zero-order valence-electron chi connectivity index (χ0n) is 8.39. The number of alkyl halides is 2. The Morgan fingerprint density at radius 1 is 1.57 bits per heavy atom. The van der Waals surface area contributed by atoms with Crippen molar-refractivity contribution in [1.82, 2.24) is 4.90 Å². The van der Waals surface area contributed by atoms with Crippen LogP contribution >= 0.6 is 0 Å². The second-order valence-corrected chi connectivity index (χ2v) is 3.27.